The van der Waals surface area contributed by atoms with Crippen LogP contribution in [-0.2, 0) is 4.74 Å². The Hall–Kier alpha value is -0.500. The minimum atomic E-state index is -0.990. The van der Waals surface area contributed by atoms with E-state index in [1.165, 1.54) is 0 Å². The van der Waals surface area contributed by atoms with Gasteiger partial charge in [-0.2, -0.15) is 0 Å². The second-order valence-electron chi connectivity index (χ2n) is 10.4. The molecule has 2 aliphatic carbocycles. The van der Waals surface area contributed by atoms with Crippen molar-refractivity contribution in [2.45, 2.75) is 107 Å². The number of rotatable bonds is 2. The first kappa shape index (κ1) is 22.2. The molecule has 3 rings (SSSR count). The first-order valence-corrected chi connectivity index (χ1v) is 11.3. The first-order valence-electron chi connectivity index (χ1n) is 10.4. The summed E-state index contributed by atoms with van der Waals surface area (Å²) in [6, 6.07) is -0.464. The molecule has 1 N–H and O–H groups in total. The predicted molar refractivity (Wildman–Crippen MR) is 116 cm³/mol. The van der Waals surface area contributed by atoms with Crippen LogP contribution >= 0.6 is 23.8 Å². The first-order chi connectivity index (χ1) is 12.9. The van der Waals surface area contributed by atoms with Crippen molar-refractivity contribution in [3.63, 3.8) is 0 Å². The summed E-state index contributed by atoms with van der Waals surface area (Å²) >= 11 is 11.5. The van der Waals surface area contributed by atoms with Crippen LogP contribution in [0.25, 0.3) is 4.85 Å². The van der Waals surface area contributed by atoms with Gasteiger partial charge in [0.2, 0.25) is 0 Å². The number of thiocarbonyl (C=S) groups is 1. The van der Waals surface area contributed by atoms with Crippen molar-refractivity contribution in [3.8, 4) is 0 Å². The van der Waals surface area contributed by atoms with E-state index in [1.807, 2.05) is 6.92 Å². The second kappa shape index (κ2) is 7.33. The Labute approximate surface area is 179 Å². The number of aliphatic hydroxyl groups is 1. The Balaban J connectivity index is 2.05. The summed E-state index contributed by atoms with van der Waals surface area (Å²) < 4.78 is 6.67. The number of hydrogen-bond donors (Lipinski definition) is 1. The highest BCUT2D eigenvalue weighted by molar-refractivity contribution is 7.78. The smallest absolute Gasteiger partial charge is 0.255 e. The molecule has 28 heavy (non-hydrogen) atoms. The van der Waals surface area contributed by atoms with E-state index in [0.29, 0.717) is 6.42 Å². The number of isothiocyanates is 1. The van der Waals surface area contributed by atoms with Gasteiger partial charge in [-0.3, -0.25) is 0 Å². The molecule has 6 heteroatoms. The highest BCUT2D eigenvalue weighted by Gasteiger charge is 2.64. The van der Waals surface area contributed by atoms with Gasteiger partial charge in [-0.15, -0.1) is 11.6 Å². The fraction of sp³-hybridized carbons (Fsp3) is 0.909. The normalized spacial score (nSPS) is 50.7. The molecule has 4 nitrogen and oxygen atoms in total. The largest absolute Gasteiger partial charge is 0.382 e. The average molecular weight is 425 g/mol. The van der Waals surface area contributed by atoms with Gasteiger partial charge in [0, 0.05) is 5.92 Å². The lowest BCUT2D eigenvalue weighted by Gasteiger charge is -2.58. The van der Waals surface area contributed by atoms with Crippen LogP contribution in [0, 0.1) is 24.3 Å². The van der Waals surface area contributed by atoms with Gasteiger partial charge in [-0.1, -0.05) is 0 Å². The van der Waals surface area contributed by atoms with Crippen molar-refractivity contribution in [2.24, 2.45) is 22.7 Å². The minimum Gasteiger partial charge on any atom is -0.382 e. The standard InChI is InChI=1S/C22H33ClN2O2S/c1-19(2)16(23)9-12-22(5,27-19)15-7-10-20(3,25-13-28)14-8-11-21(4,26)18(24-6)17(14)15/h14-18,26H,7-12H2,1-5H3/t14-,15-,16-,17-,18+,20+,21+,22+/m1/s1. The molecule has 3 fully saturated rings. The summed E-state index contributed by atoms with van der Waals surface area (Å²) in [5.74, 6) is 0.387. The highest BCUT2D eigenvalue weighted by Crippen LogP contribution is 2.58. The molecule has 1 aliphatic heterocycles. The summed E-state index contributed by atoms with van der Waals surface area (Å²) in [6.45, 7) is 18.2. The number of nitrogens with zero attached hydrogens (tertiary/aromatic N) is 2. The maximum Gasteiger partial charge on any atom is 0.255 e. The number of aliphatic imine (C=N–C) groups is 1. The average Bonchev–Trinajstić information content (AvgIpc) is 2.57. The van der Waals surface area contributed by atoms with E-state index in [9.17, 15) is 5.11 Å². The molecule has 1 heterocycles. The van der Waals surface area contributed by atoms with Crippen molar-refractivity contribution in [1.82, 2.24) is 0 Å². The lowest BCUT2D eigenvalue weighted by Crippen LogP contribution is -2.64. The number of alkyl halides is 1. The Bertz CT molecular complexity index is 714. The molecule has 1 saturated heterocycles. The lowest BCUT2D eigenvalue weighted by atomic mass is 9.51. The molecule has 8 atom stereocenters. The number of halogens is 1. The number of hydrogen-bond acceptors (Lipinski definition) is 4. The van der Waals surface area contributed by atoms with Crippen LogP contribution in [0.3, 0.4) is 0 Å². The molecule has 0 spiro atoms. The number of ether oxygens (including phenoxy) is 1. The van der Waals surface area contributed by atoms with Crippen LogP contribution in [0.15, 0.2) is 4.99 Å². The van der Waals surface area contributed by atoms with Gasteiger partial charge in [0.1, 0.15) is 5.60 Å². The van der Waals surface area contributed by atoms with Crippen molar-refractivity contribution in [1.29, 1.82) is 0 Å². The van der Waals surface area contributed by atoms with E-state index < -0.39 is 17.2 Å². The summed E-state index contributed by atoms with van der Waals surface area (Å²) in [6.07, 6.45) is 5.03. The molecule has 0 amide bonds. The Kier molecular flexibility index (Phi) is 5.81. The quantitative estimate of drug-likeness (QED) is 0.284. The minimum absolute atomic E-state index is 0.0137. The predicted octanol–water partition coefficient (Wildman–Crippen LogP) is 5.28. The number of fused-ring (bicyclic) bond motifs is 1. The molecular weight excluding hydrogens is 392 g/mol. The van der Waals surface area contributed by atoms with Crippen molar-refractivity contribution >= 4 is 29.0 Å². The summed E-state index contributed by atoms with van der Waals surface area (Å²) in [5.41, 5.74) is -2.09. The van der Waals surface area contributed by atoms with Crippen LogP contribution in [0.2, 0.25) is 0 Å². The zero-order valence-corrected chi connectivity index (χ0v) is 19.2. The Morgan fingerprint density at radius 1 is 1.11 bits per heavy atom. The molecule has 0 aromatic rings. The SMILES string of the molecule is [C-]#[N+][C@H]1[C@@H]2[C@@H](CC[C@]1(C)O)[C@@](C)(N=C=S)CC[C@H]2[C@]1(C)CC[C@@H](Cl)C(C)(C)O1. The molecule has 0 aromatic carbocycles. The van der Waals surface area contributed by atoms with Crippen molar-refractivity contribution < 1.29 is 9.84 Å². The molecular formula is C22H33ClN2O2S. The van der Waals surface area contributed by atoms with Gasteiger partial charge in [0.15, 0.2) is 0 Å². The van der Waals surface area contributed by atoms with Crippen LogP contribution < -0.4 is 0 Å². The fourth-order valence-electron chi connectivity index (χ4n) is 6.39. The van der Waals surface area contributed by atoms with Gasteiger partial charge in [-0.05, 0) is 97.2 Å². The topological polar surface area (TPSA) is 46.2 Å². The van der Waals surface area contributed by atoms with E-state index in [-0.39, 0.29) is 34.3 Å². The van der Waals surface area contributed by atoms with Crippen LogP contribution in [0.4, 0.5) is 0 Å². The zero-order valence-electron chi connectivity index (χ0n) is 17.7. The van der Waals surface area contributed by atoms with Crippen molar-refractivity contribution in [2.75, 3.05) is 0 Å². The fourth-order valence-corrected chi connectivity index (χ4v) is 6.76. The van der Waals surface area contributed by atoms with Gasteiger partial charge in [0.25, 0.3) is 6.04 Å². The van der Waals surface area contributed by atoms with Crippen LogP contribution in [0.1, 0.15) is 73.1 Å². The molecule has 0 unspecified atom stereocenters. The zero-order chi connectivity index (χ0) is 21.0. The highest BCUT2D eigenvalue weighted by atomic mass is 35.5. The lowest BCUT2D eigenvalue weighted by molar-refractivity contribution is -0.218. The molecule has 0 bridgehead atoms. The molecule has 156 valence electrons. The van der Waals surface area contributed by atoms with Gasteiger partial charge in [0.05, 0.1) is 27.3 Å². The van der Waals surface area contributed by atoms with E-state index in [2.05, 4.69) is 42.7 Å². The van der Waals surface area contributed by atoms with Crippen LogP contribution in [0.5, 0.6) is 0 Å². The summed E-state index contributed by atoms with van der Waals surface area (Å²) in [7, 11) is 0. The third-order valence-electron chi connectivity index (χ3n) is 8.02. The maximum absolute atomic E-state index is 11.1. The second-order valence-corrected chi connectivity index (χ2v) is 11.1. The molecule has 2 saturated carbocycles. The Morgan fingerprint density at radius 2 is 1.75 bits per heavy atom. The maximum atomic E-state index is 11.1. The third-order valence-corrected chi connectivity index (χ3v) is 8.86. The van der Waals surface area contributed by atoms with E-state index in [1.54, 1.807) is 0 Å². The molecule has 0 aromatic heterocycles. The van der Waals surface area contributed by atoms with Crippen molar-refractivity contribution in [3.05, 3.63) is 11.4 Å². The molecule has 3 aliphatic rings. The van der Waals surface area contributed by atoms with Gasteiger partial charge >= 0.3 is 0 Å². The van der Waals surface area contributed by atoms with E-state index in [4.69, 9.17) is 35.1 Å². The van der Waals surface area contributed by atoms with Gasteiger partial charge in [-0.25, -0.2) is 11.6 Å². The van der Waals surface area contributed by atoms with E-state index >= 15 is 0 Å². The van der Waals surface area contributed by atoms with Gasteiger partial charge < -0.3 is 14.7 Å². The monoisotopic (exact) mass is 424 g/mol. The Morgan fingerprint density at radius 3 is 2.32 bits per heavy atom. The summed E-state index contributed by atoms with van der Waals surface area (Å²) in [5, 5.41) is 13.7. The van der Waals surface area contributed by atoms with E-state index in [0.717, 1.165) is 32.1 Å². The molecule has 0 radical (unpaired) electrons. The van der Waals surface area contributed by atoms with Crippen LogP contribution in [-0.4, -0.2) is 44.0 Å². The third kappa shape index (κ3) is 3.57. The summed E-state index contributed by atoms with van der Waals surface area (Å²) in [4.78, 5) is 8.55.